The fraction of sp³-hybridized carbons (Fsp3) is 0.385. The van der Waals surface area contributed by atoms with Crippen LogP contribution >= 0.6 is 11.6 Å². The molecule has 2 unspecified atom stereocenters. The third-order valence-corrected chi connectivity index (χ3v) is 4.04. The first kappa shape index (κ1) is 11.5. The second-order valence-corrected chi connectivity index (χ2v) is 5.36. The van der Waals surface area contributed by atoms with Gasteiger partial charge in [-0.25, -0.2) is 4.90 Å². The Morgan fingerprint density at radius 2 is 1.78 bits per heavy atom. The first-order valence-electron chi connectivity index (χ1n) is 6.01. The molecule has 2 amide bonds. The maximum atomic E-state index is 12.3. The van der Waals surface area contributed by atoms with Crippen LogP contribution in [-0.2, 0) is 9.59 Å². The summed E-state index contributed by atoms with van der Waals surface area (Å²) in [7, 11) is 0. The molecule has 1 aliphatic carbocycles. The van der Waals surface area contributed by atoms with Crippen LogP contribution in [0.5, 0.6) is 0 Å². The summed E-state index contributed by atoms with van der Waals surface area (Å²) in [6.45, 7) is 0. The molecule has 1 saturated heterocycles. The predicted molar refractivity (Wildman–Crippen MR) is 69.2 cm³/mol. The molecule has 1 saturated carbocycles. The molecule has 1 aromatic carbocycles. The minimum atomic E-state index is -0.136. The molecule has 2 bridgehead atoms. The summed E-state index contributed by atoms with van der Waals surface area (Å²) >= 11 is 5.92. The summed E-state index contributed by atoms with van der Waals surface area (Å²) in [6, 6.07) is 4.85. The lowest BCUT2D eigenvalue weighted by Gasteiger charge is -2.30. The van der Waals surface area contributed by atoms with E-state index in [4.69, 9.17) is 17.3 Å². The van der Waals surface area contributed by atoms with Gasteiger partial charge in [0.2, 0.25) is 11.8 Å². The van der Waals surface area contributed by atoms with E-state index >= 15 is 0 Å². The molecule has 1 aliphatic heterocycles. The monoisotopic (exact) mass is 264 g/mol. The van der Waals surface area contributed by atoms with E-state index in [0.717, 1.165) is 12.8 Å². The van der Waals surface area contributed by atoms with Crippen LogP contribution in [0.25, 0.3) is 0 Å². The molecule has 4 nitrogen and oxygen atoms in total. The van der Waals surface area contributed by atoms with E-state index in [1.165, 1.54) is 4.90 Å². The van der Waals surface area contributed by atoms with Crippen molar-refractivity contribution in [2.45, 2.75) is 19.3 Å². The molecule has 2 atom stereocenters. The van der Waals surface area contributed by atoms with Crippen molar-refractivity contribution in [3.05, 3.63) is 23.2 Å². The van der Waals surface area contributed by atoms with Gasteiger partial charge in [0, 0.05) is 16.9 Å². The normalized spacial score (nSPS) is 26.8. The Morgan fingerprint density at radius 3 is 2.39 bits per heavy atom. The lowest BCUT2D eigenvalue weighted by molar-refractivity contribution is -0.132. The highest BCUT2D eigenvalue weighted by atomic mass is 35.5. The Labute approximate surface area is 110 Å². The van der Waals surface area contributed by atoms with Crippen molar-refractivity contribution in [2.24, 2.45) is 11.8 Å². The molecule has 1 heterocycles. The number of nitrogen functional groups attached to an aromatic ring is 1. The second-order valence-electron chi connectivity index (χ2n) is 4.92. The Morgan fingerprint density at radius 1 is 1.17 bits per heavy atom. The SMILES string of the molecule is Nc1ccc(Cl)cc1N1C(=O)C2CCC(C2)C1=O. The zero-order valence-electron chi connectivity index (χ0n) is 9.73. The van der Waals surface area contributed by atoms with Crippen molar-refractivity contribution in [2.75, 3.05) is 10.6 Å². The molecular weight excluding hydrogens is 252 g/mol. The number of fused-ring (bicyclic) bond motifs is 2. The Kier molecular flexibility index (Phi) is 2.55. The van der Waals surface area contributed by atoms with Gasteiger partial charge in [-0.1, -0.05) is 11.6 Å². The van der Waals surface area contributed by atoms with Crippen LogP contribution < -0.4 is 10.6 Å². The Hall–Kier alpha value is -1.55. The van der Waals surface area contributed by atoms with Crippen LogP contribution in [0, 0.1) is 11.8 Å². The van der Waals surface area contributed by atoms with Gasteiger partial charge in [0.15, 0.2) is 0 Å². The minimum Gasteiger partial charge on any atom is -0.397 e. The quantitative estimate of drug-likeness (QED) is 0.625. The molecule has 5 heteroatoms. The van der Waals surface area contributed by atoms with Gasteiger partial charge in [0.1, 0.15) is 0 Å². The first-order valence-corrected chi connectivity index (χ1v) is 6.38. The molecule has 2 aliphatic rings. The number of nitrogens with zero attached hydrogens (tertiary/aromatic N) is 1. The summed E-state index contributed by atoms with van der Waals surface area (Å²) in [4.78, 5) is 25.8. The van der Waals surface area contributed by atoms with E-state index < -0.39 is 0 Å². The van der Waals surface area contributed by atoms with Gasteiger partial charge in [0.25, 0.3) is 0 Å². The van der Waals surface area contributed by atoms with Gasteiger partial charge >= 0.3 is 0 Å². The molecule has 2 fully saturated rings. The lowest BCUT2D eigenvalue weighted by atomic mass is 9.96. The highest BCUT2D eigenvalue weighted by Gasteiger charge is 2.46. The van der Waals surface area contributed by atoms with E-state index in [-0.39, 0.29) is 23.7 Å². The highest BCUT2D eigenvalue weighted by Crippen LogP contribution is 2.41. The van der Waals surface area contributed by atoms with Crippen molar-refractivity contribution in [1.82, 2.24) is 0 Å². The molecule has 0 radical (unpaired) electrons. The zero-order chi connectivity index (χ0) is 12.9. The van der Waals surface area contributed by atoms with E-state index in [2.05, 4.69) is 0 Å². The van der Waals surface area contributed by atoms with E-state index in [9.17, 15) is 9.59 Å². The summed E-state index contributed by atoms with van der Waals surface area (Å²) in [5.41, 5.74) is 6.68. The number of halogens is 1. The zero-order valence-corrected chi connectivity index (χ0v) is 10.5. The number of piperidine rings is 1. The first-order chi connectivity index (χ1) is 8.58. The fourth-order valence-electron chi connectivity index (χ4n) is 2.85. The Balaban J connectivity index is 2.07. The molecular formula is C13H13ClN2O2. The van der Waals surface area contributed by atoms with Crippen LogP contribution in [0.15, 0.2) is 18.2 Å². The van der Waals surface area contributed by atoms with E-state index in [1.807, 2.05) is 0 Å². The number of carbonyl (C=O) groups excluding carboxylic acids is 2. The summed E-state index contributed by atoms with van der Waals surface area (Å²) < 4.78 is 0. The number of amides is 2. The second kappa shape index (κ2) is 3.99. The Bertz CT molecular complexity index is 522. The molecule has 18 heavy (non-hydrogen) atoms. The number of hydrogen-bond acceptors (Lipinski definition) is 3. The average Bonchev–Trinajstić information content (AvgIpc) is 2.78. The smallest absolute Gasteiger partial charge is 0.236 e. The maximum Gasteiger partial charge on any atom is 0.236 e. The van der Waals surface area contributed by atoms with Crippen molar-refractivity contribution < 1.29 is 9.59 Å². The van der Waals surface area contributed by atoms with Crippen LogP contribution in [0.2, 0.25) is 5.02 Å². The third kappa shape index (κ3) is 1.60. The van der Waals surface area contributed by atoms with Crippen LogP contribution in [0.4, 0.5) is 11.4 Å². The summed E-state index contributed by atoms with van der Waals surface area (Å²) in [5.74, 6) is -0.345. The van der Waals surface area contributed by atoms with Crippen LogP contribution in [0.1, 0.15) is 19.3 Å². The molecule has 3 rings (SSSR count). The van der Waals surface area contributed by atoms with E-state index in [0.29, 0.717) is 22.8 Å². The highest BCUT2D eigenvalue weighted by molar-refractivity contribution is 6.31. The number of rotatable bonds is 1. The van der Waals surface area contributed by atoms with Crippen molar-refractivity contribution in [3.8, 4) is 0 Å². The number of benzene rings is 1. The van der Waals surface area contributed by atoms with Crippen LogP contribution in [0.3, 0.4) is 0 Å². The maximum absolute atomic E-state index is 12.3. The van der Waals surface area contributed by atoms with Crippen molar-refractivity contribution >= 4 is 34.8 Å². The molecule has 1 aromatic rings. The number of anilines is 2. The average molecular weight is 265 g/mol. The van der Waals surface area contributed by atoms with Crippen molar-refractivity contribution in [3.63, 3.8) is 0 Å². The van der Waals surface area contributed by atoms with Gasteiger partial charge in [-0.3, -0.25) is 9.59 Å². The summed E-state index contributed by atoms with van der Waals surface area (Å²) in [6.07, 6.45) is 2.28. The predicted octanol–water partition coefficient (Wildman–Crippen LogP) is 2.21. The van der Waals surface area contributed by atoms with Gasteiger partial charge < -0.3 is 5.73 Å². The van der Waals surface area contributed by atoms with Gasteiger partial charge in [0.05, 0.1) is 11.4 Å². The number of imide groups is 1. The van der Waals surface area contributed by atoms with Crippen molar-refractivity contribution in [1.29, 1.82) is 0 Å². The van der Waals surface area contributed by atoms with Crippen LogP contribution in [-0.4, -0.2) is 11.8 Å². The minimum absolute atomic E-state index is 0.0360. The number of hydrogen-bond donors (Lipinski definition) is 1. The van der Waals surface area contributed by atoms with E-state index in [1.54, 1.807) is 18.2 Å². The van der Waals surface area contributed by atoms with Gasteiger partial charge in [-0.05, 0) is 37.5 Å². The molecule has 0 aromatic heterocycles. The molecule has 2 N–H and O–H groups in total. The third-order valence-electron chi connectivity index (χ3n) is 3.81. The molecule has 94 valence electrons. The lowest BCUT2D eigenvalue weighted by Crippen LogP contribution is -2.46. The fourth-order valence-corrected chi connectivity index (χ4v) is 3.02. The molecule has 0 spiro atoms. The van der Waals surface area contributed by atoms with Gasteiger partial charge in [-0.2, -0.15) is 0 Å². The standard InChI is InChI=1S/C13H13ClN2O2/c14-9-3-4-10(15)11(6-9)16-12(17)7-1-2-8(5-7)13(16)18/h3-4,6-8H,1-2,5,15H2. The number of carbonyl (C=O) groups is 2. The van der Waals surface area contributed by atoms with Gasteiger partial charge in [-0.15, -0.1) is 0 Å². The topological polar surface area (TPSA) is 63.4 Å². The number of nitrogens with two attached hydrogens (primary N) is 1. The largest absolute Gasteiger partial charge is 0.397 e. The summed E-state index contributed by atoms with van der Waals surface area (Å²) in [5, 5.41) is 0.470.